The predicted molar refractivity (Wildman–Crippen MR) is 86.4 cm³/mol. The Labute approximate surface area is 129 Å². The zero-order chi connectivity index (χ0) is 15.5. The van der Waals surface area contributed by atoms with Gasteiger partial charge in [0.25, 0.3) is 0 Å². The van der Waals surface area contributed by atoms with Crippen LogP contribution in [0.15, 0.2) is 12.4 Å². The van der Waals surface area contributed by atoms with Crippen molar-refractivity contribution >= 4 is 0 Å². The van der Waals surface area contributed by atoms with E-state index >= 15 is 0 Å². The Morgan fingerprint density at radius 2 is 2.00 bits per heavy atom. The summed E-state index contributed by atoms with van der Waals surface area (Å²) in [7, 11) is 4.11. The van der Waals surface area contributed by atoms with Gasteiger partial charge in [-0.1, -0.05) is 13.8 Å². The van der Waals surface area contributed by atoms with Gasteiger partial charge in [0.05, 0.1) is 5.60 Å². The van der Waals surface area contributed by atoms with Crippen LogP contribution < -0.4 is 5.32 Å². The Kier molecular flexibility index (Phi) is 5.10. The molecule has 1 aromatic heterocycles. The number of ether oxygens (including phenoxy) is 1. The van der Waals surface area contributed by atoms with Crippen molar-refractivity contribution in [3.63, 3.8) is 0 Å². The number of hydrogen-bond donors (Lipinski definition) is 1. The van der Waals surface area contributed by atoms with E-state index in [9.17, 15) is 0 Å². The minimum atomic E-state index is -0.0506. The maximum absolute atomic E-state index is 6.31. The van der Waals surface area contributed by atoms with E-state index in [2.05, 4.69) is 42.7 Å². The molecule has 4 nitrogen and oxygen atoms in total. The largest absolute Gasteiger partial charge is 0.374 e. The Hall–Kier alpha value is -0.870. The third-order valence-electron chi connectivity index (χ3n) is 5.17. The Balaban J connectivity index is 2.17. The van der Waals surface area contributed by atoms with E-state index in [1.165, 1.54) is 12.8 Å². The van der Waals surface area contributed by atoms with Gasteiger partial charge in [0, 0.05) is 38.5 Å². The molecule has 1 aliphatic rings. The first kappa shape index (κ1) is 16.5. The lowest BCUT2D eigenvalue weighted by molar-refractivity contribution is -0.105. The molecule has 1 saturated carbocycles. The highest BCUT2D eigenvalue weighted by molar-refractivity contribution is 5.04. The van der Waals surface area contributed by atoms with Crippen molar-refractivity contribution in [3.05, 3.63) is 18.2 Å². The zero-order valence-electron chi connectivity index (χ0n) is 14.3. The normalized spacial score (nSPS) is 22.1. The van der Waals surface area contributed by atoms with Crippen LogP contribution in [0.4, 0.5) is 0 Å². The summed E-state index contributed by atoms with van der Waals surface area (Å²) in [6.45, 7) is 7.63. The predicted octanol–water partition coefficient (Wildman–Crippen LogP) is 2.93. The molecule has 0 bridgehead atoms. The molecule has 0 saturated heterocycles. The minimum Gasteiger partial charge on any atom is -0.374 e. The summed E-state index contributed by atoms with van der Waals surface area (Å²) >= 11 is 0. The number of likely N-dealkylation sites (N-methyl/N-ethyl adjacent to an activating group) is 1. The van der Waals surface area contributed by atoms with Gasteiger partial charge >= 0.3 is 0 Å². The van der Waals surface area contributed by atoms with Crippen molar-refractivity contribution in [2.45, 2.75) is 64.5 Å². The van der Waals surface area contributed by atoms with Crippen LogP contribution in [0.2, 0.25) is 0 Å². The molecule has 1 fully saturated rings. The third kappa shape index (κ3) is 3.67. The number of aromatic nitrogens is 2. The fourth-order valence-electron chi connectivity index (χ4n) is 3.56. The average Bonchev–Trinajstić information content (AvgIpc) is 2.84. The molecule has 21 heavy (non-hydrogen) atoms. The number of rotatable bonds is 6. The average molecular weight is 293 g/mol. The molecule has 120 valence electrons. The molecule has 1 heterocycles. The zero-order valence-corrected chi connectivity index (χ0v) is 14.3. The molecule has 0 aliphatic heterocycles. The van der Waals surface area contributed by atoms with E-state index in [0.717, 1.165) is 31.7 Å². The number of imidazole rings is 1. The van der Waals surface area contributed by atoms with E-state index in [1.807, 2.05) is 19.4 Å². The molecule has 1 aliphatic carbocycles. The van der Waals surface area contributed by atoms with Crippen molar-refractivity contribution in [3.8, 4) is 0 Å². The quantitative estimate of drug-likeness (QED) is 0.876. The second-order valence-corrected chi connectivity index (χ2v) is 7.16. The van der Waals surface area contributed by atoms with Crippen LogP contribution in [0.5, 0.6) is 0 Å². The van der Waals surface area contributed by atoms with Crippen molar-refractivity contribution in [2.75, 3.05) is 13.7 Å². The number of hydrogen-bond acceptors (Lipinski definition) is 3. The monoisotopic (exact) mass is 293 g/mol. The van der Waals surface area contributed by atoms with Crippen LogP contribution in [-0.2, 0) is 18.2 Å². The van der Waals surface area contributed by atoms with Gasteiger partial charge in [-0.2, -0.15) is 0 Å². The van der Waals surface area contributed by atoms with Crippen LogP contribution in [0.1, 0.15) is 52.3 Å². The van der Waals surface area contributed by atoms with Gasteiger partial charge < -0.3 is 14.6 Å². The second kappa shape index (κ2) is 6.49. The topological polar surface area (TPSA) is 39.1 Å². The summed E-state index contributed by atoms with van der Waals surface area (Å²) in [5.41, 5.74) is 0.396. The highest BCUT2D eigenvalue weighted by Gasteiger charge is 2.44. The van der Waals surface area contributed by atoms with E-state index in [-0.39, 0.29) is 5.60 Å². The number of aryl methyl sites for hydroxylation is 1. The van der Waals surface area contributed by atoms with Gasteiger partial charge in [0.15, 0.2) is 0 Å². The van der Waals surface area contributed by atoms with Gasteiger partial charge in [-0.3, -0.25) is 0 Å². The van der Waals surface area contributed by atoms with Crippen LogP contribution >= 0.6 is 0 Å². The summed E-state index contributed by atoms with van der Waals surface area (Å²) < 4.78 is 8.41. The van der Waals surface area contributed by atoms with E-state index in [1.54, 1.807) is 0 Å². The van der Waals surface area contributed by atoms with Crippen molar-refractivity contribution in [2.24, 2.45) is 12.5 Å². The van der Waals surface area contributed by atoms with Crippen LogP contribution in [0, 0.1) is 5.41 Å². The molecular formula is C17H31N3O. The molecule has 0 aromatic carbocycles. The van der Waals surface area contributed by atoms with Gasteiger partial charge in [-0.05, 0) is 45.1 Å². The lowest BCUT2D eigenvalue weighted by Crippen LogP contribution is -2.55. The van der Waals surface area contributed by atoms with Gasteiger partial charge in [-0.25, -0.2) is 4.98 Å². The van der Waals surface area contributed by atoms with Gasteiger partial charge in [0.2, 0.25) is 0 Å². The fraction of sp³-hybridized carbons (Fsp3) is 0.824. The lowest BCUT2D eigenvalue weighted by atomic mass is 9.68. The second-order valence-electron chi connectivity index (χ2n) is 7.16. The standard InChI is InChI=1S/C17H31N3O/c1-6-21-17(9-7-16(2,3)8-10-17)14(18-4)13-15-19-11-12-20(15)5/h11-12,14,18H,6-10,13H2,1-5H3. The summed E-state index contributed by atoms with van der Waals surface area (Å²) in [6.07, 6.45) is 9.52. The maximum atomic E-state index is 6.31. The van der Waals surface area contributed by atoms with E-state index < -0.39 is 0 Å². The minimum absolute atomic E-state index is 0.0506. The SMILES string of the molecule is CCOC1(C(Cc2nccn2C)NC)CCC(C)(C)CC1. The molecule has 1 aromatic rings. The molecular weight excluding hydrogens is 262 g/mol. The van der Waals surface area contributed by atoms with E-state index in [4.69, 9.17) is 4.74 Å². The third-order valence-corrected chi connectivity index (χ3v) is 5.17. The van der Waals surface area contributed by atoms with Gasteiger partial charge in [-0.15, -0.1) is 0 Å². The van der Waals surface area contributed by atoms with Crippen LogP contribution in [0.3, 0.4) is 0 Å². The molecule has 4 heteroatoms. The Morgan fingerprint density at radius 1 is 1.33 bits per heavy atom. The molecule has 1 unspecified atom stereocenters. The highest BCUT2D eigenvalue weighted by Crippen LogP contribution is 2.44. The Morgan fingerprint density at radius 3 is 2.48 bits per heavy atom. The first-order valence-electron chi connectivity index (χ1n) is 8.20. The number of nitrogens with zero attached hydrogens (tertiary/aromatic N) is 2. The Bertz CT molecular complexity index is 443. The summed E-state index contributed by atoms with van der Waals surface area (Å²) in [6, 6.07) is 0.314. The van der Waals surface area contributed by atoms with Crippen LogP contribution in [-0.4, -0.2) is 34.8 Å². The molecule has 0 amide bonds. The highest BCUT2D eigenvalue weighted by atomic mass is 16.5. The first-order chi connectivity index (χ1) is 9.92. The van der Waals surface area contributed by atoms with Crippen LogP contribution in [0.25, 0.3) is 0 Å². The molecule has 0 spiro atoms. The summed E-state index contributed by atoms with van der Waals surface area (Å²) in [4.78, 5) is 4.49. The maximum Gasteiger partial charge on any atom is 0.110 e. The first-order valence-corrected chi connectivity index (χ1v) is 8.20. The molecule has 1 N–H and O–H groups in total. The van der Waals surface area contributed by atoms with Gasteiger partial charge in [0.1, 0.15) is 5.82 Å². The molecule has 0 radical (unpaired) electrons. The lowest BCUT2D eigenvalue weighted by Gasteiger charge is -2.47. The van der Waals surface area contributed by atoms with Crippen molar-refractivity contribution in [1.29, 1.82) is 0 Å². The summed E-state index contributed by atoms with van der Waals surface area (Å²) in [5, 5.41) is 3.51. The fourth-order valence-corrected chi connectivity index (χ4v) is 3.56. The number of nitrogens with one attached hydrogen (secondary N) is 1. The van der Waals surface area contributed by atoms with E-state index in [0.29, 0.717) is 11.5 Å². The van der Waals surface area contributed by atoms with Crippen molar-refractivity contribution in [1.82, 2.24) is 14.9 Å². The molecule has 1 atom stereocenters. The smallest absolute Gasteiger partial charge is 0.110 e. The summed E-state index contributed by atoms with van der Waals surface area (Å²) in [5.74, 6) is 1.12. The molecule has 2 rings (SSSR count). The van der Waals surface area contributed by atoms with Crippen molar-refractivity contribution < 1.29 is 4.74 Å².